The highest BCUT2D eigenvalue weighted by atomic mass is 16.7. The number of hydrogen-bond donors (Lipinski definition) is 4. The Balaban J connectivity index is 0. The fourth-order valence-corrected chi connectivity index (χ4v) is 3.76. The number of hydrogen-bond acceptors (Lipinski definition) is 5. The van der Waals surface area contributed by atoms with Crippen LogP contribution in [0, 0.1) is 0 Å². The Hall–Kier alpha value is -0.200. The van der Waals surface area contributed by atoms with E-state index >= 15 is 0 Å². The summed E-state index contributed by atoms with van der Waals surface area (Å²) in [5.41, 5.74) is 0. The van der Waals surface area contributed by atoms with E-state index in [0.29, 0.717) is 19.3 Å². The first-order valence-corrected chi connectivity index (χ1v) is 14.3. The van der Waals surface area contributed by atoms with Gasteiger partial charge >= 0.3 is 0 Å². The third kappa shape index (κ3) is 34.0. The predicted molar refractivity (Wildman–Crippen MR) is 140 cm³/mol. The van der Waals surface area contributed by atoms with E-state index in [4.69, 9.17) is 14.9 Å². The number of aliphatic hydroxyl groups is 4. The van der Waals surface area contributed by atoms with E-state index in [-0.39, 0.29) is 12.7 Å². The monoisotopic (exact) mass is 476 g/mol. The molecule has 202 valence electrons. The van der Waals surface area contributed by atoms with Gasteiger partial charge < -0.3 is 25.2 Å². The second-order valence-electron chi connectivity index (χ2n) is 9.64. The van der Waals surface area contributed by atoms with Crippen LogP contribution in [-0.4, -0.2) is 45.7 Å². The number of aliphatic hydroxyl groups excluding tert-OH is 4. The van der Waals surface area contributed by atoms with Gasteiger partial charge in [-0.25, -0.2) is 0 Å². The van der Waals surface area contributed by atoms with Crippen molar-refractivity contribution in [3.8, 4) is 0 Å². The number of rotatable bonds is 24. The van der Waals surface area contributed by atoms with E-state index in [1.165, 1.54) is 89.9 Å². The normalized spacial score (nSPS) is 13.9. The molecule has 0 aliphatic rings. The van der Waals surface area contributed by atoms with Crippen molar-refractivity contribution in [3.05, 3.63) is 0 Å². The van der Waals surface area contributed by atoms with Gasteiger partial charge in [-0.2, -0.15) is 0 Å². The van der Waals surface area contributed by atoms with Gasteiger partial charge in [-0.05, 0) is 39.0 Å². The van der Waals surface area contributed by atoms with Crippen LogP contribution in [0.5, 0.6) is 0 Å². The van der Waals surface area contributed by atoms with Crippen molar-refractivity contribution in [1.29, 1.82) is 0 Å². The van der Waals surface area contributed by atoms with Gasteiger partial charge in [-0.15, -0.1) is 0 Å². The Bertz CT molecular complexity index is 312. The minimum absolute atomic E-state index is 0.0810. The number of unbranched alkanes of at least 4 members (excludes halogenated alkanes) is 16. The maximum absolute atomic E-state index is 9.88. The van der Waals surface area contributed by atoms with Gasteiger partial charge in [0.2, 0.25) is 0 Å². The third-order valence-corrected chi connectivity index (χ3v) is 5.97. The van der Waals surface area contributed by atoms with Crippen LogP contribution in [-0.2, 0) is 4.74 Å². The van der Waals surface area contributed by atoms with Crippen LogP contribution in [0.1, 0.15) is 156 Å². The fraction of sp³-hybridized carbons (Fsp3) is 1.00. The first-order valence-electron chi connectivity index (χ1n) is 14.3. The summed E-state index contributed by atoms with van der Waals surface area (Å²) in [6.45, 7) is 6.23. The molecule has 0 aromatic rings. The summed E-state index contributed by atoms with van der Waals surface area (Å²) in [4.78, 5) is 0. The van der Waals surface area contributed by atoms with Crippen molar-refractivity contribution in [3.63, 3.8) is 0 Å². The topological polar surface area (TPSA) is 90.2 Å². The molecule has 0 amide bonds. The molecule has 0 fully saturated rings. The first kappa shape index (κ1) is 35.0. The van der Waals surface area contributed by atoms with Gasteiger partial charge in [0.05, 0.1) is 6.10 Å². The Labute approximate surface area is 206 Å². The molecule has 0 spiro atoms. The van der Waals surface area contributed by atoms with Crippen molar-refractivity contribution >= 4 is 0 Å². The molecule has 3 unspecified atom stereocenters. The lowest BCUT2D eigenvalue weighted by molar-refractivity contribution is -0.212. The lowest BCUT2D eigenvalue weighted by atomic mass is 10.1. The summed E-state index contributed by atoms with van der Waals surface area (Å²) < 4.78 is 5.31. The van der Waals surface area contributed by atoms with Crippen LogP contribution >= 0.6 is 0 Å². The van der Waals surface area contributed by atoms with Crippen LogP contribution in [0.4, 0.5) is 0 Å². The highest BCUT2D eigenvalue weighted by Crippen LogP contribution is 2.15. The van der Waals surface area contributed by atoms with Crippen LogP contribution in [0.2, 0.25) is 0 Å². The molecular weight excluding hydrogens is 416 g/mol. The molecule has 0 aromatic carbocycles. The molecule has 0 aromatic heterocycles. The largest absolute Gasteiger partial charge is 0.396 e. The van der Waals surface area contributed by atoms with Crippen molar-refractivity contribution in [2.45, 2.75) is 174 Å². The molecule has 0 aliphatic carbocycles. The summed E-state index contributed by atoms with van der Waals surface area (Å²) in [5.74, 6) is 0. The molecule has 5 nitrogen and oxygen atoms in total. The molecule has 0 saturated carbocycles. The molecular formula is C28H60O5. The van der Waals surface area contributed by atoms with E-state index in [1.807, 2.05) is 0 Å². The van der Waals surface area contributed by atoms with Crippen LogP contribution in [0.3, 0.4) is 0 Å². The highest BCUT2D eigenvalue weighted by molar-refractivity contribution is 4.52. The second kappa shape index (κ2) is 29.8. The molecule has 0 rings (SSSR count). The molecule has 0 aliphatic heterocycles. The molecule has 3 atom stereocenters. The van der Waals surface area contributed by atoms with Crippen molar-refractivity contribution < 1.29 is 25.2 Å². The van der Waals surface area contributed by atoms with E-state index in [2.05, 4.69) is 13.8 Å². The minimum atomic E-state index is -0.803. The average Bonchev–Trinajstić information content (AvgIpc) is 2.77. The van der Waals surface area contributed by atoms with Gasteiger partial charge in [0, 0.05) is 6.61 Å². The molecule has 4 N–H and O–H groups in total. The smallest absolute Gasteiger partial charge is 0.157 e. The zero-order valence-electron chi connectivity index (χ0n) is 22.5. The standard InChI is InChI=1S/C24H50O3.C4H10O2/c1-3-5-7-9-11-13-15-17-19-21-23(25)27-24(26)22-20-18-16-14-12-10-8-6-4-2;1-4(6)2-3-5/h23-26H,3-22H2,1-2H3;4-6H,2-3H2,1H3. The zero-order valence-corrected chi connectivity index (χ0v) is 22.5. The predicted octanol–water partition coefficient (Wildman–Crippen LogP) is 7.23. The van der Waals surface area contributed by atoms with Gasteiger partial charge in [0.1, 0.15) is 0 Å². The van der Waals surface area contributed by atoms with Gasteiger partial charge in [0.25, 0.3) is 0 Å². The molecule has 33 heavy (non-hydrogen) atoms. The Morgan fingerprint density at radius 3 is 1.03 bits per heavy atom. The maximum Gasteiger partial charge on any atom is 0.157 e. The third-order valence-electron chi connectivity index (χ3n) is 5.97. The van der Waals surface area contributed by atoms with Crippen molar-refractivity contribution in [1.82, 2.24) is 0 Å². The van der Waals surface area contributed by atoms with Crippen molar-refractivity contribution in [2.24, 2.45) is 0 Å². The zero-order chi connectivity index (χ0) is 25.0. The minimum Gasteiger partial charge on any atom is -0.396 e. The fourth-order valence-electron chi connectivity index (χ4n) is 3.76. The molecule has 0 heterocycles. The molecule has 5 heteroatoms. The van der Waals surface area contributed by atoms with E-state index in [9.17, 15) is 10.2 Å². The molecule has 0 bridgehead atoms. The van der Waals surface area contributed by atoms with E-state index in [1.54, 1.807) is 6.92 Å². The SMILES string of the molecule is CC(O)CCO.CCCCCCCCCCCC(O)OC(O)CCCCCCCCCCC. The van der Waals surface area contributed by atoms with E-state index < -0.39 is 12.6 Å². The van der Waals surface area contributed by atoms with Gasteiger partial charge in [0.15, 0.2) is 12.6 Å². The van der Waals surface area contributed by atoms with Crippen molar-refractivity contribution in [2.75, 3.05) is 6.61 Å². The summed E-state index contributed by atoms with van der Waals surface area (Å²) in [6, 6.07) is 0. The summed E-state index contributed by atoms with van der Waals surface area (Å²) in [5, 5.41) is 36.2. The van der Waals surface area contributed by atoms with E-state index in [0.717, 1.165) is 25.7 Å². The van der Waals surface area contributed by atoms with Crippen LogP contribution < -0.4 is 0 Å². The molecule has 0 saturated heterocycles. The van der Waals surface area contributed by atoms with Crippen LogP contribution in [0.15, 0.2) is 0 Å². The maximum atomic E-state index is 9.88. The Morgan fingerprint density at radius 2 is 0.788 bits per heavy atom. The average molecular weight is 477 g/mol. The molecule has 0 radical (unpaired) electrons. The summed E-state index contributed by atoms with van der Waals surface area (Å²) in [7, 11) is 0. The quantitative estimate of drug-likeness (QED) is 0.0871. The Kier molecular flexibility index (Phi) is 31.6. The second-order valence-corrected chi connectivity index (χ2v) is 9.64. The summed E-state index contributed by atoms with van der Waals surface area (Å²) >= 11 is 0. The van der Waals surface area contributed by atoms with Gasteiger partial charge in [-0.3, -0.25) is 0 Å². The Morgan fingerprint density at radius 1 is 0.485 bits per heavy atom. The first-order chi connectivity index (χ1) is 16.0. The van der Waals surface area contributed by atoms with Gasteiger partial charge in [-0.1, -0.05) is 117 Å². The van der Waals surface area contributed by atoms with Crippen LogP contribution in [0.25, 0.3) is 0 Å². The summed E-state index contributed by atoms with van der Waals surface area (Å²) in [6.07, 6.45) is 22.7. The lowest BCUT2D eigenvalue weighted by Crippen LogP contribution is -2.21. The highest BCUT2D eigenvalue weighted by Gasteiger charge is 2.11. The number of ether oxygens (including phenoxy) is 1. The lowest BCUT2D eigenvalue weighted by Gasteiger charge is -2.17.